The number of ether oxygens (including phenoxy) is 1. The second kappa shape index (κ2) is 8.14. The van der Waals surface area contributed by atoms with E-state index in [-0.39, 0.29) is 32.6 Å². The van der Waals surface area contributed by atoms with Gasteiger partial charge in [0.25, 0.3) is 5.91 Å². The van der Waals surface area contributed by atoms with Crippen LogP contribution in [-0.4, -0.2) is 28.8 Å². The standard InChI is InChI=1S/C21H13Cl2N3O4/c1-29-15-4-2-3-12-16(21(28)26-17-13(22)9-25-10-14(17)23)20(30-19(12)15)18(27)11-5-7-24-8-6-11/h2-10H,1H3,(H,25,26,28). The fourth-order valence-corrected chi connectivity index (χ4v) is 3.44. The normalized spacial score (nSPS) is 10.8. The highest BCUT2D eigenvalue weighted by Gasteiger charge is 2.28. The number of carbonyl (C=O) groups excluding carboxylic acids is 2. The third-order valence-corrected chi connectivity index (χ3v) is 4.94. The van der Waals surface area contributed by atoms with Crippen molar-refractivity contribution in [1.82, 2.24) is 9.97 Å². The van der Waals surface area contributed by atoms with Crippen LogP contribution >= 0.6 is 23.2 Å². The number of benzene rings is 1. The monoisotopic (exact) mass is 441 g/mol. The predicted octanol–water partition coefficient (Wildman–Crippen LogP) is 5.02. The number of pyridine rings is 2. The van der Waals surface area contributed by atoms with Gasteiger partial charge in [0.15, 0.2) is 17.1 Å². The van der Waals surface area contributed by atoms with Gasteiger partial charge in [0.05, 0.1) is 28.4 Å². The van der Waals surface area contributed by atoms with Crippen LogP contribution < -0.4 is 10.1 Å². The van der Waals surface area contributed by atoms with Gasteiger partial charge in [-0.2, -0.15) is 0 Å². The molecular weight excluding hydrogens is 429 g/mol. The van der Waals surface area contributed by atoms with Gasteiger partial charge in [0, 0.05) is 35.7 Å². The fourth-order valence-electron chi connectivity index (χ4n) is 2.98. The number of furan rings is 1. The van der Waals surface area contributed by atoms with Crippen molar-refractivity contribution in [2.75, 3.05) is 12.4 Å². The van der Waals surface area contributed by atoms with E-state index in [9.17, 15) is 9.59 Å². The summed E-state index contributed by atoms with van der Waals surface area (Å²) in [5.74, 6) is -0.850. The molecule has 0 saturated heterocycles. The Labute approximate surface area is 180 Å². The van der Waals surface area contributed by atoms with Gasteiger partial charge in [-0.25, -0.2) is 0 Å². The molecule has 3 heterocycles. The zero-order valence-corrected chi connectivity index (χ0v) is 17.0. The lowest BCUT2D eigenvalue weighted by atomic mass is 10.0. The molecule has 150 valence electrons. The van der Waals surface area contributed by atoms with Gasteiger partial charge in [0.2, 0.25) is 5.78 Å². The number of halogens is 2. The molecule has 30 heavy (non-hydrogen) atoms. The molecule has 0 unspecified atom stereocenters. The van der Waals surface area contributed by atoms with Crippen molar-refractivity contribution in [2.45, 2.75) is 0 Å². The first-order valence-electron chi connectivity index (χ1n) is 8.66. The summed E-state index contributed by atoms with van der Waals surface area (Å²) in [5.41, 5.74) is 0.805. The maximum absolute atomic E-state index is 13.2. The van der Waals surface area contributed by atoms with Crippen LogP contribution in [0.3, 0.4) is 0 Å². The highest BCUT2D eigenvalue weighted by Crippen LogP contribution is 2.35. The molecule has 9 heteroatoms. The van der Waals surface area contributed by atoms with Crippen molar-refractivity contribution in [3.05, 3.63) is 82.1 Å². The molecule has 0 aliphatic heterocycles. The summed E-state index contributed by atoms with van der Waals surface area (Å²) in [5, 5.41) is 3.37. The van der Waals surface area contributed by atoms with Crippen molar-refractivity contribution >= 4 is 51.5 Å². The molecule has 4 rings (SSSR count). The highest BCUT2D eigenvalue weighted by atomic mass is 35.5. The van der Waals surface area contributed by atoms with Gasteiger partial charge >= 0.3 is 0 Å². The van der Waals surface area contributed by atoms with Crippen LogP contribution in [-0.2, 0) is 0 Å². The average molecular weight is 442 g/mol. The average Bonchev–Trinajstić information content (AvgIpc) is 3.16. The number of anilines is 1. The molecule has 0 radical (unpaired) electrons. The first kappa shape index (κ1) is 19.9. The molecule has 0 fully saturated rings. The molecule has 4 aromatic rings. The van der Waals surface area contributed by atoms with E-state index in [1.54, 1.807) is 18.2 Å². The van der Waals surface area contributed by atoms with E-state index < -0.39 is 11.7 Å². The summed E-state index contributed by atoms with van der Waals surface area (Å²) in [6.07, 6.45) is 5.66. The Morgan fingerprint density at radius 1 is 1.03 bits per heavy atom. The summed E-state index contributed by atoms with van der Waals surface area (Å²) in [6, 6.07) is 8.09. The van der Waals surface area contributed by atoms with Crippen LogP contribution in [0.1, 0.15) is 26.5 Å². The Hall–Kier alpha value is -3.42. The SMILES string of the molecule is COc1cccc2c(C(=O)Nc3c(Cl)cncc3Cl)c(C(=O)c3ccncc3)oc12. The number of nitrogens with one attached hydrogen (secondary N) is 1. The first-order valence-corrected chi connectivity index (χ1v) is 9.41. The Bertz CT molecular complexity index is 1250. The molecule has 1 N–H and O–H groups in total. The number of methoxy groups -OCH3 is 1. The summed E-state index contributed by atoms with van der Waals surface area (Å²) >= 11 is 12.2. The number of rotatable bonds is 5. The molecule has 1 aromatic carbocycles. The summed E-state index contributed by atoms with van der Waals surface area (Å²) in [6.45, 7) is 0. The molecular formula is C21H13Cl2N3O4. The van der Waals surface area contributed by atoms with E-state index in [2.05, 4.69) is 15.3 Å². The van der Waals surface area contributed by atoms with Crippen LogP contribution in [0.4, 0.5) is 5.69 Å². The fraction of sp³-hybridized carbons (Fsp3) is 0.0476. The Morgan fingerprint density at radius 3 is 2.40 bits per heavy atom. The Morgan fingerprint density at radius 2 is 1.73 bits per heavy atom. The Balaban J connectivity index is 1.89. The second-order valence-electron chi connectivity index (χ2n) is 6.14. The number of amides is 1. The minimum Gasteiger partial charge on any atom is -0.493 e. The van der Waals surface area contributed by atoms with E-state index in [0.29, 0.717) is 16.7 Å². The molecule has 0 spiro atoms. The van der Waals surface area contributed by atoms with Gasteiger partial charge in [-0.15, -0.1) is 0 Å². The maximum atomic E-state index is 13.2. The van der Waals surface area contributed by atoms with Crippen LogP contribution in [0.15, 0.2) is 59.5 Å². The highest BCUT2D eigenvalue weighted by molar-refractivity contribution is 6.40. The Kier molecular flexibility index (Phi) is 5.39. The number of ketones is 1. The van der Waals surface area contributed by atoms with E-state index in [4.69, 9.17) is 32.4 Å². The largest absolute Gasteiger partial charge is 0.493 e. The van der Waals surface area contributed by atoms with E-state index in [1.807, 2.05) is 0 Å². The number of para-hydroxylation sites is 1. The third-order valence-electron chi connectivity index (χ3n) is 4.37. The van der Waals surface area contributed by atoms with Gasteiger partial charge < -0.3 is 14.5 Å². The van der Waals surface area contributed by atoms with E-state index in [0.717, 1.165) is 0 Å². The molecule has 7 nitrogen and oxygen atoms in total. The minimum atomic E-state index is -0.616. The molecule has 0 aliphatic rings. The maximum Gasteiger partial charge on any atom is 0.260 e. The number of hydrogen-bond acceptors (Lipinski definition) is 6. The van der Waals surface area contributed by atoms with Crippen molar-refractivity contribution in [3.8, 4) is 5.75 Å². The van der Waals surface area contributed by atoms with Crippen molar-refractivity contribution < 1.29 is 18.7 Å². The summed E-state index contributed by atoms with van der Waals surface area (Å²) in [4.78, 5) is 34.1. The molecule has 0 atom stereocenters. The number of carbonyl (C=O) groups is 2. The third kappa shape index (κ3) is 3.49. The second-order valence-corrected chi connectivity index (χ2v) is 6.95. The smallest absolute Gasteiger partial charge is 0.260 e. The number of nitrogens with zero attached hydrogens (tertiary/aromatic N) is 2. The summed E-state index contributed by atoms with van der Waals surface area (Å²) < 4.78 is 11.1. The van der Waals surface area contributed by atoms with E-state index >= 15 is 0 Å². The molecule has 3 aromatic heterocycles. The van der Waals surface area contributed by atoms with Crippen LogP contribution in [0, 0.1) is 0 Å². The number of fused-ring (bicyclic) bond motifs is 1. The van der Waals surface area contributed by atoms with E-state index in [1.165, 1.54) is 44.0 Å². The lowest BCUT2D eigenvalue weighted by molar-refractivity contribution is 0.0981. The van der Waals surface area contributed by atoms with Crippen molar-refractivity contribution in [3.63, 3.8) is 0 Å². The quantitative estimate of drug-likeness (QED) is 0.436. The number of hydrogen-bond donors (Lipinski definition) is 1. The molecule has 0 bridgehead atoms. The topological polar surface area (TPSA) is 94.3 Å². The summed E-state index contributed by atoms with van der Waals surface area (Å²) in [7, 11) is 1.47. The zero-order valence-electron chi connectivity index (χ0n) is 15.5. The van der Waals surface area contributed by atoms with Gasteiger partial charge in [0.1, 0.15) is 0 Å². The molecule has 0 saturated carbocycles. The first-order chi connectivity index (χ1) is 14.5. The van der Waals surface area contributed by atoms with Gasteiger partial charge in [-0.05, 0) is 24.3 Å². The van der Waals surface area contributed by atoms with Crippen LogP contribution in [0.2, 0.25) is 10.0 Å². The lowest BCUT2D eigenvalue weighted by Gasteiger charge is -2.09. The van der Waals surface area contributed by atoms with Gasteiger partial charge in [-0.3, -0.25) is 19.6 Å². The van der Waals surface area contributed by atoms with Crippen molar-refractivity contribution in [1.29, 1.82) is 0 Å². The molecule has 0 aliphatic carbocycles. The van der Waals surface area contributed by atoms with Crippen LogP contribution in [0.25, 0.3) is 11.0 Å². The zero-order chi connectivity index (χ0) is 21.3. The lowest BCUT2D eigenvalue weighted by Crippen LogP contribution is -2.16. The molecule has 1 amide bonds. The minimum absolute atomic E-state index is 0.0367. The van der Waals surface area contributed by atoms with Crippen molar-refractivity contribution in [2.24, 2.45) is 0 Å². The predicted molar refractivity (Wildman–Crippen MR) is 113 cm³/mol. The number of aromatic nitrogens is 2. The van der Waals surface area contributed by atoms with Gasteiger partial charge in [-0.1, -0.05) is 29.3 Å². The van der Waals surface area contributed by atoms with Crippen LogP contribution in [0.5, 0.6) is 5.75 Å².